The van der Waals surface area contributed by atoms with E-state index in [2.05, 4.69) is 25.1 Å². The van der Waals surface area contributed by atoms with Crippen molar-refractivity contribution in [1.29, 1.82) is 0 Å². The normalized spacial score (nSPS) is 14.3. The molecule has 19 heavy (non-hydrogen) atoms. The highest BCUT2D eigenvalue weighted by Crippen LogP contribution is 2.19. The summed E-state index contributed by atoms with van der Waals surface area (Å²) < 4.78 is 2.06. The Morgan fingerprint density at radius 1 is 1.47 bits per heavy atom. The summed E-state index contributed by atoms with van der Waals surface area (Å²) >= 11 is 1.29. The van der Waals surface area contributed by atoms with Crippen LogP contribution in [-0.4, -0.2) is 43.6 Å². The Morgan fingerprint density at radius 2 is 2.37 bits per heavy atom. The van der Waals surface area contributed by atoms with E-state index >= 15 is 0 Å². The Bertz CT molecular complexity index is 592. The van der Waals surface area contributed by atoms with Gasteiger partial charge in [0.05, 0.1) is 6.54 Å². The summed E-state index contributed by atoms with van der Waals surface area (Å²) in [6, 6.07) is 0. The SMILES string of the molecule is CCNc1nnc(C(=O)N2CCn3ccnc3C2)s1. The number of carbonyl (C=O) groups excluding carboxylic acids is 1. The van der Waals surface area contributed by atoms with Crippen molar-refractivity contribution in [2.24, 2.45) is 0 Å². The molecule has 0 spiro atoms. The lowest BCUT2D eigenvalue weighted by Crippen LogP contribution is -2.38. The average molecular weight is 278 g/mol. The van der Waals surface area contributed by atoms with E-state index in [4.69, 9.17) is 0 Å². The number of nitrogens with one attached hydrogen (secondary N) is 1. The molecule has 2 aromatic heterocycles. The number of anilines is 1. The molecule has 3 rings (SSSR count). The molecular weight excluding hydrogens is 264 g/mol. The number of fused-ring (bicyclic) bond motifs is 1. The molecule has 1 aliphatic heterocycles. The number of imidazole rings is 1. The number of carbonyl (C=O) groups is 1. The molecule has 0 aliphatic carbocycles. The lowest BCUT2D eigenvalue weighted by atomic mass is 10.3. The topological polar surface area (TPSA) is 75.9 Å². The van der Waals surface area contributed by atoms with Crippen molar-refractivity contribution in [2.75, 3.05) is 18.4 Å². The first kappa shape index (κ1) is 12.1. The fourth-order valence-corrected chi connectivity index (χ4v) is 2.79. The summed E-state index contributed by atoms with van der Waals surface area (Å²) in [5, 5.41) is 12.1. The van der Waals surface area contributed by atoms with E-state index in [1.54, 1.807) is 11.1 Å². The van der Waals surface area contributed by atoms with Crippen LogP contribution in [0.5, 0.6) is 0 Å². The molecule has 0 radical (unpaired) electrons. The summed E-state index contributed by atoms with van der Waals surface area (Å²) in [5.74, 6) is 0.840. The van der Waals surface area contributed by atoms with Gasteiger partial charge in [-0.2, -0.15) is 0 Å². The quantitative estimate of drug-likeness (QED) is 0.899. The van der Waals surface area contributed by atoms with Gasteiger partial charge >= 0.3 is 0 Å². The highest BCUT2D eigenvalue weighted by molar-refractivity contribution is 7.17. The summed E-state index contributed by atoms with van der Waals surface area (Å²) in [6.45, 7) is 4.73. The van der Waals surface area contributed by atoms with Crippen LogP contribution in [0.2, 0.25) is 0 Å². The Balaban J connectivity index is 1.74. The minimum atomic E-state index is -0.0732. The first-order chi connectivity index (χ1) is 9.28. The first-order valence-corrected chi connectivity index (χ1v) is 6.96. The van der Waals surface area contributed by atoms with Crippen LogP contribution in [0.15, 0.2) is 12.4 Å². The van der Waals surface area contributed by atoms with Crippen LogP contribution in [0.1, 0.15) is 22.6 Å². The third-order valence-electron chi connectivity index (χ3n) is 2.97. The van der Waals surface area contributed by atoms with Crippen molar-refractivity contribution in [3.8, 4) is 0 Å². The Morgan fingerprint density at radius 3 is 3.21 bits per heavy atom. The zero-order valence-electron chi connectivity index (χ0n) is 10.5. The van der Waals surface area contributed by atoms with Crippen molar-refractivity contribution in [1.82, 2.24) is 24.6 Å². The van der Waals surface area contributed by atoms with Crippen molar-refractivity contribution in [3.05, 3.63) is 23.2 Å². The van der Waals surface area contributed by atoms with Gasteiger partial charge in [-0.3, -0.25) is 4.79 Å². The molecule has 1 aliphatic rings. The Kier molecular flexibility index (Phi) is 3.16. The highest BCUT2D eigenvalue weighted by atomic mass is 32.1. The molecule has 100 valence electrons. The maximum Gasteiger partial charge on any atom is 0.285 e. The van der Waals surface area contributed by atoms with Gasteiger partial charge in [0.15, 0.2) is 0 Å². The minimum absolute atomic E-state index is 0.0732. The van der Waals surface area contributed by atoms with Gasteiger partial charge in [-0.05, 0) is 6.92 Å². The Hall–Kier alpha value is -1.96. The standard InChI is InChI=1S/C11H14N6OS/c1-2-12-11-15-14-9(19-11)10(18)17-6-5-16-4-3-13-8(16)7-17/h3-4H,2,5-7H2,1H3,(H,12,15). The summed E-state index contributed by atoms with van der Waals surface area (Å²) in [7, 11) is 0. The van der Waals surface area contributed by atoms with Crippen LogP contribution in [0.3, 0.4) is 0 Å². The second-order valence-corrected chi connectivity index (χ2v) is 5.18. The maximum atomic E-state index is 12.3. The number of aromatic nitrogens is 4. The van der Waals surface area contributed by atoms with Gasteiger partial charge in [0.1, 0.15) is 5.82 Å². The van der Waals surface area contributed by atoms with E-state index in [0.717, 1.165) is 18.9 Å². The number of nitrogens with zero attached hydrogens (tertiary/aromatic N) is 5. The molecule has 2 aromatic rings. The molecule has 0 aromatic carbocycles. The van der Waals surface area contributed by atoms with Gasteiger partial charge in [0, 0.05) is 32.0 Å². The van der Waals surface area contributed by atoms with Crippen LogP contribution in [0.4, 0.5) is 5.13 Å². The van der Waals surface area contributed by atoms with E-state index in [9.17, 15) is 4.79 Å². The molecular formula is C11H14N6OS. The second-order valence-electron chi connectivity index (χ2n) is 4.21. The molecule has 3 heterocycles. The number of hydrogen-bond donors (Lipinski definition) is 1. The van der Waals surface area contributed by atoms with E-state index in [1.807, 2.05) is 13.1 Å². The van der Waals surface area contributed by atoms with Gasteiger partial charge in [0.25, 0.3) is 5.91 Å². The Labute approximate surface area is 114 Å². The van der Waals surface area contributed by atoms with Crippen LogP contribution >= 0.6 is 11.3 Å². The van der Waals surface area contributed by atoms with Crippen LogP contribution in [0, 0.1) is 0 Å². The maximum absolute atomic E-state index is 12.3. The lowest BCUT2D eigenvalue weighted by molar-refractivity contribution is 0.0706. The highest BCUT2D eigenvalue weighted by Gasteiger charge is 2.24. The van der Waals surface area contributed by atoms with Crippen molar-refractivity contribution in [3.63, 3.8) is 0 Å². The minimum Gasteiger partial charge on any atom is -0.360 e. The van der Waals surface area contributed by atoms with Gasteiger partial charge in [0.2, 0.25) is 10.1 Å². The van der Waals surface area contributed by atoms with Crippen LogP contribution in [-0.2, 0) is 13.1 Å². The predicted molar refractivity (Wildman–Crippen MR) is 71.0 cm³/mol. The molecule has 0 bridgehead atoms. The third-order valence-corrected chi connectivity index (χ3v) is 3.84. The number of rotatable bonds is 3. The molecule has 0 atom stereocenters. The smallest absolute Gasteiger partial charge is 0.285 e. The summed E-state index contributed by atoms with van der Waals surface area (Å²) in [5.41, 5.74) is 0. The molecule has 0 unspecified atom stereocenters. The van der Waals surface area contributed by atoms with Crippen LogP contribution < -0.4 is 5.32 Å². The molecule has 0 saturated heterocycles. The van der Waals surface area contributed by atoms with E-state index in [-0.39, 0.29) is 5.91 Å². The van der Waals surface area contributed by atoms with E-state index < -0.39 is 0 Å². The van der Waals surface area contributed by atoms with Gasteiger partial charge < -0.3 is 14.8 Å². The third kappa shape index (κ3) is 2.30. The molecule has 7 nitrogen and oxygen atoms in total. The van der Waals surface area contributed by atoms with Gasteiger partial charge in [-0.15, -0.1) is 10.2 Å². The number of hydrogen-bond acceptors (Lipinski definition) is 6. The van der Waals surface area contributed by atoms with E-state index in [1.165, 1.54) is 11.3 Å². The molecule has 0 fully saturated rings. The largest absolute Gasteiger partial charge is 0.360 e. The van der Waals surface area contributed by atoms with Crippen LogP contribution in [0.25, 0.3) is 0 Å². The summed E-state index contributed by atoms with van der Waals surface area (Å²) in [6.07, 6.45) is 3.70. The van der Waals surface area contributed by atoms with Gasteiger partial charge in [-0.1, -0.05) is 11.3 Å². The molecule has 1 N–H and O–H groups in total. The van der Waals surface area contributed by atoms with Crippen molar-refractivity contribution in [2.45, 2.75) is 20.0 Å². The number of amides is 1. The summed E-state index contributed by atoms with van der Waals surface area (Å²) in [4.78, 5) is 18.3. The second kappa shape index (κ2) is 4.96. The van der Waals surface area contributed by atoms with E-state index in [0.29, 0.717) is 23.2 Å². The fraction of sp³-hybridized carbons (Fsp3) is 0.455. The van der Waals surface area contributed by atoms with Crippen molar-refractivity contribution < 1.29 is 4.79 Å². The average Bonchev–Trinajstić information content (AvgIpc) is 3.05. The zero-order chi connectivity index (χ0) is 13.2. The van der Waals surface area contributed by atoms with Crippen molar-refractivity contribution >= 4 is 22.4 Å². The van der Waals surface area contributed by atoms with Gasteiger partial charge in [-0.25, -0.2) is 4.98 Å². The zero-order valence-corrected chi connectivity index (χ0v) is 11.4. The fourth-order valence-electron chi connectivity index (χ4n) is 2.01. The lowest BCUT2D eigenvalue weighted by Gasteiger charge is -2.26. The molecule has 1 amide bonds. The first-order valence-electron chi connectivity index (χ1n) is 6.14. The monoisotopic (exact) mass is 278 g/mol. The molecule has 8 heteroatoms. The molecule has 0 saturated carbocycles. The predicted octanol–water partition coefficient (Wildman–Crippen LogP) is 0.822.